The molecule has 17 heteroatoms. The first-order valence-electron chi connectivity index (χ1n) is 9.91. The quantitative estimate of drug-likeness (QED) is 0.213. The molecule has 0 saturated carbocycles. The molecule has 7 N–H and O–H groups in total. The Bertz CT molecular complexity index is 1340. The number of phosphoric ester groups is 1. The first-order valence-corrected chi connectivity index (χ1v) is 13.9. The summed E-state index contributed by atoms with van der Waals surface area (Å²) in [6.45, 7) is -0.819. The van der Waals surface area contributed by atoms with Gasteiger partial charge in [0.1, 0.15) is 24.1 Å². The summed E-state index contributed by atoms with van der Waals surface area (Å²) in [7, 11) is -10.2. The van der Waals surface area contributed by atoms with Gasteiger partial charge < -0.3 is 35.4 Å². The van der Waals surface area contributed by atoms with Gasteiger partial charge in [-0.25, -0.2) is 9.36 Å². The molecule has 3 aromatic rings. The summed E-state index contributed by atoms with van der Waals surface area (Å²) in [5.41, 5.74) is 4.55. The van der Waals surface area contributed by atoms with Crippen LogP contribution in [0.5, 0.6) is 0 Å². The number of anilines is 1. The number of aromatic nitrogens is 2. The van der Waals surface area contributed by atoms with Crippen LogP contribution >= 0.6 is 26.8 Å². The molecule has 1 aliphatic heterocycles. The normalized spacial score (nSPS) is 25.5. The van der Waals surface area contributed by atoms with Crippen molar-refractivity contribution in [1.82, 2.24) is 9.55 Å². The summed E-state index contributed by atoms with van der Waals surface area (Å²) in [6.07, 6.45) is -4.90. The average molecular weight is 549 g/mol. The number of aliphatic hydroxyl groups is 2. The van der Waals surface area contributed by atoms with Crippen LogP contribution in [0.1, 0.15) is 17.0 Å². The first-order chi connectivity index (χ1) is 16.4. The van der Waals surface area contributed by atoms with Crippen LogP contribution in [-0.4, -0.2) is 59.4 Å². The largest absolute Gasteiger partial charge is 0.473 e. The van der Waals surface area contributed by atoms with Gasteiger partial charge in [0, 0.05) is 15.8 Å². The third-order valence-electron chi connectivity index (χ3n) is 5.09. The van der Waals surface area contributed by atoms with E-state index in [1.807, 2.05) is 0 Å². The Balaban J connectivity index is 1.47. The van der Waals surface area contributed by atoms with Crippen LogP contribution in [0.4, 0.5) is 5.82 Å². The zero-order valence-corrected chi connectivity index (χ0v) is 20.2. The maximum Gasteiger partial charge on any atom is 0.473 e. The summed E-state index contributed by atoms with van der Waals surface area (Å²) >= 11 is 0.967. The summed E-state index contributed by atoms with van der Waals surface area (Å²) in [6, 6.07) is 9.53. The van der Waals surface area contributed by atoms with Crippen LogP contribution < -0.4 is 11.4 Å². The van der Waals surface area contributed by atoms with E-state index in [-0.39, 0.29) is 10.7 Å². The molecular weight excluding hydrogens is 528 g/mol. The van der Waals surface area contributed by atoms with E-state index in [4.69, 9.17) is 19.5 Å². The highest BCUT2D eigenvalue weighted by Gasteiger charge is 2.46. The number of nitrogens with zero attached hydrogens (tertiary/aromatic N) is 2. The number of hydrogen-bond donors (Lipinski definition) is 6. The van der Waals surface area contributed by atoms with Gasteiger partial charge in [0.2, 0.25) is 5.85 Å². The number of hydrogen-bond acceptors (Lipinski definition) is 11. The molecule has 35 heavy (non-hydrogen) atoms. The van der Waals surface area contributed by atoms with Crippen molar-refractivity contribution >= 4 is 42.7 Å². The monoisotopic (exact) mass is 549 g/mol. The Morgan fingerprint density at radius 2 is 1.89 bits per heavy atom. The third kappa shape index (κ3) is 5.71. The minimum Gasteiger partial charge on any atom is -0.387 e. The molecule has 1 aromatic carbocycles. The lowest BCUT2D eigenvalue weighted by molar-refractivity contribution is -0.0556. The van der Waals surface area contributed by atoms with Gasteiger partial charge in [-0.3, -0.25) is 18.2 Å². The van der Waals surface area contributed by atoms with Crippen LogP contribution in [0.2, 0.25) is 0 Å². The lowest BCUT2D eigenvalue weighted by Gasteiger charge is -2.22. The van der Waals surface area contributed by atoms with Gasteiger partial charge in [-0.05, 0) is 23.6 Å². The highest BCUT2D eigenvalue weighted by molar-refractivity contribution is 7.54. The minimum atomic E-state index is -5.12. The maximum atomic E-state index is 12.5. The zero-order valence-electron chi connectivity index (χ0n) is 17.6. The molecule has 3 heterocycles. The van der Waals surface area contributed by atoms with Crippen molar-refractivity contribution in [3.05, 3.63) is 58.0 Å². The second-order valence-electron chi connectivity index (χ2n) is 7.59. The van der Waals surface area contributed by atoms with Crippen LogP contribution in [0.3, 0.4) is 0 Å². The van der Waals surface area contributed by atoms with E-state index in [0.29, 0.717) is 10.1 Å². The highest BCUT2D eigenvalue weighted by atomic mass is 32.1. The number of benzene rings is 1. The topological polar surface area (TPSA) is 224 Å². The lowest BCUT2D eigenvalue weighted by atomic mass is 10.1. The molecule has 190 valence electrons. The Morgan fingerprint density at radius 1 is 1.17 bits per heavy atom. The molecule has 14 nitrogen and oxygen atoms in total. The van der Waals surface area contributed by atoms with E-state index in [0.717, 1.165) is 15.9 Å². The predicted molar refractivity (Wildman–Crippen MR) is 122 cm³/mol. The van der Waals surface area contributed by atoms with Crippen molar-refractivity contribution in [2.24, 2.45) is 0 Å². The molecule has 1 fully saturated rings. The zero-order chi connectivity index (χ0) is 25.5. The van der Waals surface area contributed by atoms with Gasteiger partial charge in [0.05, 0.1) is 6.61 Å². The number of rotatable bonds is 8. The molecule has 1 aliphatic rings. The van der Waals surface area contributed by atoms with Gasteiger partial charge >= 0.3 is 21.1 Å². The molecule has 0 bridgehead atoms. The van der Waals surface area contributed by atoms with E-state index >= 15 is 0 Å². The summed E-state index contributed by atoms with van der Waals surface area (Å²) in [4.78, 5) is 45.1. The van der Waals surface area contributed by atoms with Crippen molar-refractivity contribution in [3.63, 3.8) is 0 Å². The number of ether oxygens (including phenoxy) is 1. The Kier molecular flexibility index (Phi) is 7.31. The number of phosphoric acid groups is 1. The maximum absolute atomic E-state index is 12.5. The number of thiophene rings is 1. The van der Waals surface area contributed by atoms with Crippen molar-refractivity contribution in [2.45, 2.75) is 30.4 Å². The molecule has 0 spiro atoms. The summed E-state index contributed by atoms with van der Waals surface area (Å²) in [5, 5.41) is 21.2. The van der Waals surface area contributed by atoms with Crippen molar-refractivity contribution in [2.75, 3.05) is 12.3 Å². The molecule has 4 rings (SSSR count). The van der Waals surface area contributed by atoms with Gasteiger partial charge in [-0.1, -0.05) is 18.2 Å². The molecule has 2 aromatic heterocycles. The lowest BCUT2D eigenvalue weighted by Crippen LogP contribution is -2.36. The van der Waals surface area contributed by atoms with Crippen LogP contribution in [-0.2, 0) is 22.9 Å². The van der Waals surface area contributed by atoms with Crippen LogP contribution in [0, 0.1) is 0 Å². The van der Waals surface area contributed by atoms with Gasteiger partial charge in [0.25, 0.3) is 0 Å². The molecule has 1 saturated heterocycles. The second kappa shape index (κ2) is 9.81. The summed E-state index contributed by atoms with van der Waals surface area (Å²) < 4.78 is 41.2. The fourth-order valence-corrected chi connectivity index (χ4v) is 7.08. The second-order valence-corrected chi connectivity index (χ2v) is 11.8. The summed E-state index contributed by atoms with van der Waals surface area (Å²) in [5.74, 6) is -2.17. The fourth-order valence-electron chi connectivity index (χ4n) is 3.44. The predicted octanol–water partition coefficient (Wildman–Crippen LogP) is 0.670. The van der Waals surface area contributed by atoms with Gasteiger partial charge in [-0.2, -0.15) is 4.98 Å². The van der Waals surface area contributed by atoms with E-state index < -0.39 is 58.1 Å². The number of aliphatic hydroxyl groups excluding tert-OH is 2. The Hall–Kier alpha value is -2.00. The third-order valence-corrected chi connectivity index (χ3v) is 8.54. The van der Waals surface area contributed by atoms with Crippen molar-refractivity contribution in [3.8, 4) is 0 Å². The van der Waals surface area contributed by atoms with Gasteiger partial charge in [-0.15, -0.1) is 11.3 Å². The molecule has 0 amide bonds. The van der Waals surface area contributed by atoms with E-state index in [2.05, 4.69) is 4.98 Å². The highest BCUT2D eigenvalue weighted by Crippen LogP contribution is 2.62. The Labute approximate surface area is 200 Å². The van der Waals surface area contributed by atoms with E-state index in [9.17, 15) is 38.8 Å². The molecule has 6 atom stereocenters. The molecule has 0 radical (unpaired) electrons. The Morgan fingerprint density at radius 3 is 2.54 bits per heavy atom. The smallest absolute Gasteiger partial charge is 0.387 e. The standard InChI is InChI=1S/C18H21N3O11P2S/c19-13-5-6-21(18(24)20-13)16-15(23)14(22)10(31-16)8-30-34(28,29)32-17(33(25,26)27)12-7-9-3-1-2-4-11(9)35-12/h1-7,10,14-17,22-23H,8H2,(H,28,29)(H2,19,20,24)(H2,25,26,27)/t10-,14-,15-,16-,17?/m1/s1. The van der Waals surface area contributed by atoms with Crippen molar-refractivity contribution in [1.29, 1.82) is 0 Å². The van der Waals surface area contributed by atoms with E-state index in [1.54, 1.807) is 24.3 Å². The fraction of sp³-hybridized carbons (Fsp3) is 0.333. The van der Waals surface area contributed by atoms with Crippen LogP contribution in [0.15, 0.2) is 47.4 Å². The van der Waals surface area contributed by atoms with Crippen LogP contribution in [0.25, 0.3) is 10.1 Å². The first kappa shape index (κ1) is 26.1. The minimum absolute atomic E-state index is 0.000251. The van der Waals surface area contributed by atoms with E-state index in [1.165, 1.54) is 18.3 Å². The molecule has 2 unspecified atom stereocenters. The molecular formula is C18H21N3O11P2S. The van der Waals surface area contributed by atoms with Crippen molar-refractivity contribution < 1.29 is 47.8 Å². The number of nitrogens with two attached hydrogens (primary N) is 1. The average Bonchev–Trinajstić information content (AvgIpc) is 3.32. The van der Waals surface area contributed by atoms with Gasteiger partial charge in [0.15, 0.2) is 6.23 Å². The number of fused-ring (bicyclic) bond motifs is 1. The number of nitrogen functional groups attached to an aromatic ring is 1. The molecule has 0 aliphatic carbocycles. The SMILES string of the molecule is Nc1ccn([C@@H]2O[C@H](COP(=O)(O)OC(c3cc4ccccc4s3)P(=O)(O)O)[C@@H](O)[C@H]2O)c(=O)n1.